The largest absolute Gasteiger partial charge is 0.486 e. The molecule has 33 heavy (non-hydrogen) atoms. The Morgan fingerprint density at radius 1 is 1.12 bits per heavy atom. The molecule has 9 nitrogen and oxygen atoms in total. The molecule has 0 radical (unpaired) electrons. The number of hydrogen-bond acceptors (Lipinski definition) is 9. The number of carbonyl (C=O) groups excluding carboxylic acids is 1. The number of sulfonamides is 1. The van der Waals surface area contributed by atoms with Crippen molar-refractivity contribution in [1.82, 2.24) is 10.2 Å². The van der Waals surface area contributed by atoms with Gasteiger partial charge in [-0.25, -0.2) is 8.42 Å². The van der Waals surface area contributed by atoms with Crippen molar-refractivity contribution in [1.29, 1.82) is 0 Å². The zero-order valence-electron chi connectivity index (χ0n) is 17.9. The van der Waals surface area contributed by atoms with Crippen LogP contribution in [-0.4, -0.2) is 49.5 Å². The second kappa shape index (κ2) is 9.98. The summed E-state index contributed by atoms with van der Waals surface area (Å²) in [5, 5.41) is 11.3. The Morgan fingerprint density at radius 3 is 2.58 bits per heavy atom. The van der Waals surface area contributed by atoms with E-state index in [4.69, 9.17) is 9.47 Å². The summed E-state index contributed by atoms with van der Waals surface area (Å²) in [5.41, 5.74) is 0.284. The summed E-state index contributed by atoms with van der Waals surface area (Å²) in [6, 6.07) is 12.7. The Balaban J connectivity index is 1.62. The molecule has 0 saturated carbocycles. The van der Waals surface area contributed by atoms with E-state index in [1.165, 1.54) is 35.2 Å². The van der Waals surface area contributed by atoms with E-state index in [2.05, 4.69) is 15.5 Å². The molecule has 1 N–H and O–H groups in total. The van der Waals surface area contributed by atoms with Gasteiger partial charge in [0.1, 0.15) is 19.8 Å². The van der Waals surface area contributed by atoms with Crippen LogP contribution in [0.4, 0.5) is 10.8 Å². The fourth-order valence-electron chi connectivity index (χ4n) is 3.02. The maximum Gasteiger partial charge on any atom is 0.264 e. The zero-order valence-corrected chi connectivity index (χ0v) is 20.4. The molecule has 4 rings (SSSR count). The van der Waals surface area contributed by atoms with Gasteiger partial charge in [-0.2, -0.15) is 0 Å². The molecule has 1 amide bonds. The highest BCUT2D eigenvalue weighted by molar-refractivity contribution is 8.01. The third-order valence-corrected chi connectivity index (χ3v) is 8.14. The number of aromatic nitrogens is 2. The van der Waals surface area contributed by atoms with Crippen LogP contribution in [0.15, 0.2) is 57.8 Å². The monoisotopic (exact) mass is 506 g/mol. The van der Waals surface area contributed by atoms with Crippen LogP contribution < -0.4 is 19.1 Å². The number of ether oxygens (including phenoxy) is 2. The van der Waals surface area contributed by atoms with Gasteiger partial charge in [0, 0.05) is 11.3 Å². The molecule has 3 aromatic rings. The molecule has 0 bridgehead atoms. The maximum absolute atomic E-state index is 13.5. The van der Waals surface area contributed by atoms with Gasteiger partial charge in [0.2, 0.25) is 11.0 Å². The van der Waals surface area contributed by atoms with Gasteiger partial charge in [0.25, 0.3) is 10.0 Å². The second-order valence-electron chi connectivity index (χ2n) is 7.24. The van der Waals surface area contributed by atoms with E-state index in [1.54, 1.807) is 36.4 Å². The Hall–Kier alpha value is -2.83. The molecule has 0 saturated heterocycles. The molecule has 0 unspecified atom stereocenters. The van der Waals surface area contributed by atoms with Gasteiger partial charge < -0.3 is 9.47 Å². The van der Waals surface area contributed by atoms with E-state index in [-0.39, 0.29) is 10.6 Å². The normalized spacial score (nSPS) is 13.1. The standard InChI is InChI=1S/C21H22N4O5S3/c1-14(2)31-21-24-23-20(32-21)22-19(26)13-25(33(27,28)16-6-4-3-5-7-16)15-8-9-17-18(12-15)30-11-10-29-17/h3-9,12,14H,10-11,13H2,1-2H3,(H,22,23,26). The lowest BCUT2D eigenvalue weighted by atomic mass is 10.2. The third-order valence-electron chi connectivity index (χ3n) is 4.42. The highest BCUT2D eigenvalue weighted by Crippen LogP contribution is 2.36. The van der Waals surface area contributed by atoms with Crippen LogP contribution in [0.3, 0.4) is 0 Å². The lowest BCUT2D eigenvalue weighted by Crippen LogP contribution is -2.38. The first-order chi connectivity index (χ1) is 15.8. The van der Waals surface area contributed by atoms with Crippen molar-refractivity contribution in [2.75, 3.05) is 29.4 Å². The minimum Gasteiger partial charge on any atom is -0.486 e. The van der Waals surface area contributed by atoms with E-state index < -0.39 is 22.5 Å². The minimum atomic E-state index is -4.04. The number of carbonyl (C=O) groups is 1. The number of rotatable bonds is 8. The number of thioether (sulfide) groups is 1. The topological polar surface area (TPSA) is 111 Å². The predicted octanol–water partition coefficient (Wildman–Crippen LogP) is 3.64. The quantitative estimate of drug-likeness (QED) is 0.364. The van der Waals surface area contributed by atoms with Gasteiger partial charge in [-0.15, -0.1) is 10.2 Å². The van der Waals surface area contributed by atoms with Crippen LogP contribution >= 0.6 is 23.1 Å². The molecular weight excluding hydrogens is 484 g/mol. The van der Waals surface area contributed by atoms with Crippen molar-refractivity contribution in [3.05, 3.63) is 48.5 Å². The first kappa shape index (κ1) is 23.3. The van der Waals surface area contributed by atoms with Crippen molar-refractivity contribution in [3.63, 3.8) is 0 Å². The van der Waals surface area contributed by atoms with Gasteiger partial charge in [-0.1, -0.05) is 55.1 Å². The highest BCUT2D eigenvalue weighted by Gasteiger charge is 2.29. The maximum atomic E-state index is 13.5. The lowest BCUT2D eigenvalue weighted by Gasteiger charge is -2.26. The molecule has 0 spiro atoms. The van der Waals surface area contributed by atoms with Crippen LogP contribution in [0.1, 0.15) is 13.8 Å². The summed E-state index contributed by atoms with van der Waals surface area (Å²) in [7, 11) is -4.04. The van der Waals surface area contributed by atoms with Crippen molar-refractivity contribution < 1.29 is 22.7 Å². The van der Waals surface area contributed by atoms with Crippen LogP contribution in [0.25, 0.3) is 0 Å². The summed E-state index contributed by atoms with van der Waals surface area (Å²) in [6.07, 6.45) is 0. The molecule has 2 heterocycles. The summed E-state index contributed by atoms with van der Waals surface area (Å²) < 4.78 is 39.8. The number of nitrogens with one attached hydrogen (secondary N) is 1. The van der Waals surface area contributed by atoms with Gasteiger partial charge in [0.15, 0.2) is 15.8 Å². The van der Waals surface area contributed by atoms with Crippen LogP contribution in [0.5, 0.6) is 11.5 Å². The van der Waals surface area contributed by atoms with E-state index in [0.717, 1.165) is 8.64 Å². The highest BCUT2D eigenvalue weighted by atomic mass is 32.2. The van der Waals surface area contributed by atoms with Crippen LogP contribution in [0.2, 0.25) is 0 Å². The summed E-state index contributed by atoms with van der Waals surface area (Å²) in [4.78, 5) is 12.9. The van der Waals surface area contributed by atoms with Crippen molar-refractivity contribution in [2.45, 2.75) is 28.3 Å². The zero-order chi connectivity index (χ0) is 23.4. The van der Waals surface area contributed by atoms with E-state index in [1.807, 2.05) is 13.8 Å². The molecule has 0 aliphatic carbocycles. The van der Waals surface area contributed by atoms with Crippen molar-refractivity contribution in [3.8, 4) is 11.5 Å². The molecule has 0 fully saturated rings. The van der Waals surface area contributed by atoms with Gasteiger partial charge in [-0.3, -0.25) is 14.4 Å². The number of benzene rings is 2. The first-order valence-electron chi connectivity index (χ1n) is 10.1. The third kappa shape index (κ3) is 5.57. The average molecular weight is 507 g/mol. The number of hydrogen-bond donors (Lipinski definition) is 1. The second-order valence-corrected chi connectivity index (χ2v) is 11.9. The molecule has 1 aliphatic rings. The van der Waals surface area contributed by atoms with E-state index in [0.29, 0.717) is 35.1 Å². The molecule has 12 heteroatoms. The molecule has 1 aliphatic heterocycles. The SMILES string of the molecule is CC(C)Sc1nnc(NC(=O)CN(c2ccc3c(c2)OCCO3)S(=O)(=O)c2ccccc2)s1. The van der Waals surface area contributed by atoms with E-state index in [9.17, 15) is 13.2 Å². The molecule has 174 valence electrons. The number of amides is 1. The Labute approximate surface area is 200 Å². The van der Waals surface area contributed by atoms with Crippen LogP contribution in [-0.2, 0) is 14.8 Å². The summed E-state index contributed by atoms with van der Waals surface area (Å²) in [6.45, 7) is 4.38. The summed E-state index contributed by atoms with van der Waals surface area (Å²) in [5.74, 6) is 0.407. The van der Waals surface area contributed by atoms with Crippen LogP contribution in [0, 0.1) is 0 Å². The molecule has 2 aromatic carbocycles. The van der Waals surface area contributed by atoms with Gasteiger partial charge in [0.05, 0.1) is 10.6 Å². The fourth-order valence-corrected chi connectivity index (χ4v) is 6.45. The fraction of sp³-hybridized carbons (Fsp3) is 0.286. The predicted molar refractivity (Wildman–Crippen MR) is 128 cm³/mol. The number of anilines is 2. The first-order valence-corrected chi connectivity index (χ1v) is 13.2. The Kier molecular flexibility index (Phi) is 7.05. The molecule has 1 aromatic heterocycles. The average Bonchev–Trinajstić information content (AvgIpc) is 3.23. The Bertz CT molecular complexity index is 1230. The van der Waals surface area contributed by atoms with Crippen molar-refractivity contribution >= 4 is 49.8 Å². The molecule has 0 atom stereocenters. The molecular formula is C21H22N4O5S3. The lowest BCUT2D eigenvalue weighted by molar-refractivity contribution is -0.114. The summed E-state index contributed by atoms with van der Waals surface area (Å²) >= 11 is 2.77. The van der Waals surface area contributed by atoms with Crippen molar-refractivity contribution in [2.24, 2.45) is 0 Å². The van der Waals surface area contributed by atoms with Gasteiger partial charge in [-0.05, 0) is 24.3 Å². The smallest absolute Gasteiger partial charge is 0.264 e. The minimum absolute atomic E-state index is 0.0687. The Morgan fingerprint density at radius 2 is 1.85 bits per heavy atom. The number of fused-ring (bicyclic) bond motifs is 1. The van der Waals surface area contributed by atoms with Gasteiger partial charge >= 0.3 is 0 Å². The number of nitrogens with zero attached hydrogens (tertiary/aromatic N) is 3. The van der Waals surface area contributed by atoms with E-state index >= 15 is 0 Å².